The number of hydrogen-bond acceptors (Lipinski definition) is 4. The summed E-state index contributed by atoms with van der Waals surface area (Å²) in [6.45, 7) is 5.70. The number of anilines is 1. The number of rotatable bonds is 8. The van der Waals surface area contributed by atoms with E-state index >= 15 is 0 Å². The van der Waals surface area contributed by atoms with Gasteiger partial charge >= 0.3 is 6.18 Å². The van der Waals surface area contributed by atoms with Crippen LogP contribution in [0.25, 0.3) is 0 Å². The summed E-state index contributed by atoms with van der Waals surface area (Å²) in [5.74, 6) is -1.34. The number of amides is 2. The van der Waals surface area contributed by atoms with Crippen molar-refractivity contribution in [3.8, 4) is 0 Å². The molecule has 204 valence electrons. The van der Waals surface area contributed by atoms with Crippen LogP contribution >= 0.6 is 23.2 Å². The first kappa shape index (κ1) is 30.7. The Balaban J connectivity index is 2.51. The fraction of sp³-hybridized carbons (Fsp3) is 0.417. The van der Waals surface area contributed by atoms with Crippen molar-refractivity contribution in [2.75, 3.05) is 17.1 Å². The molecule has 7 nitrogen and oxygen atoms in total. The summed E-state index contributed by atoms with van der Waals surface area (Å²) in [6, 6.07) is 8.06. The molecule has 1 atom stereocenters. The number of hydrogen-bond donors (Lipinski definition) is 1. The number of halogens is 5. The van der Waals surface area contributed by atoms with Gasteiger partial charge in [-0.15, -0.1) is 0 Å². The Morgan fingerprint density at radius 1 is 1.03 bits per heavy atom. The number of carbonyl (C=O) groups excluding carboxylic acids is 2. The molecule has 2 rings (SSSR count). The number of sulfonamides is 1. The minimum Gasteiger partial charge on any atom is -0.350 e. The number of alkyl halides is 3. The summed E-state index contributed by atoms with van der Waals surface area (Å²) < 4.78 is 65.9. The molecule has 0 saturated carbocycles. The Morgan fingerprint density at radius 3 is 2.14 bits per heavy atom. The van der Waals surface area contributed by atoms with Crippen molar-refractivity contribution in [1.29, 1.82) is 0 Å². The first-order valence-corrected chi connectivity index (χ1v) is 13.6. The van der Waals surface area contributed by atoms with Crippen LogP contribution in [0, 0.1) is 0 Å². The van der Waals surface area contributed by atoms with Crippen LogP contribution in [-0.2, 0) is 32.3 Å². The molecule has 0 fully saturated rings. The SMILES string of the molecule is C[C@@H](C(=O)NC(C)(C)C)N(Cc1ccccc1Cl)C(=O)CN(c1ccc(Cl)c(C(F)(F)F)c1)S(C)(=O)=O. The van der Waals surface area contributed by atoms with Crippen molar-refractivity contribution in [3.05, 3.63) is 63.6 Å². The van der Waals surface area contributed by atoms with Gasteiger partial charge in [0.05, 0.1) is 22.5 Å². The summed E-state index contributed by atoms with van der Waals surface area (Å²) in [6.07, 6.45) is -4.09. The maximum Gasteiger partial charge on any atom is 0.417 e. The molecule has 0 radical (unpaired) electrons. The molecule has 0 spiro atoms. The van der Waals surface area contributed by atoms with Crippen molar-refractivity contribution in [2.45, 2.75) is 52.0 Å². The van der Waals surface area contributed by atoms with E-state index in [1.165, 1.54) is 6.92 Å². The van der Waals surface area contributed by atoms with E-state index in [-0.39, 0.29) is 6.54 Å². The van der Waals surface area contributed by atoms with Crippen LogP contribution in [0.4, 0.5) is 18.9 Å². The van der Waals surface area contributed by atoms with Crippen LogP contribution in [0.3, 0.4) is 0 Å². The van der Waals surface area contributed by atoms with Gasteiger partial charge in [0.25, 0.3) is 0 Å². The monoisotopic (exact) mass is 581 g/mol. The normalized spacial score (nSPS) is 13.1. The van der Waals surface area contributed by atoms with Gasteiger partial charge in [-0.1, -0.05) is 41.4 Å². The van der Waals surface area contributed by atoms with E-state index in [0.717, 1.165) is 23.3 Å². The fourth-order valence-electron chi connectivity index (χ4n) is 3.37. The molecule has 2 aromatic rings. The number of benzene rings is 2. The van der Waals surface area contributed by atoms with Crippen LogP contribution in [0.1, 0.15) is 38.8 Å². The highest BCUT2D eigenvalue weighted by Crippen LogP contribution is 2.37. The Labute approximate surface area is 224 Å². The third-order valence-electron chi connectivity index (χ3n) is 5.19. The first-order valence-electron chi connectivity index (χ1n) is 11.0. The van der Waals surface area contributed by atoms with Gasteiger partial charge in [0, 0.05) is 17.1 Å². The Bertz CT molecular complexity index is 1260. The van der Waals surface area contributed by atoms with Crippen LogP contribution in [0.15, 0.2) is 42.5 Å². The molecule has 0 aliphatic heterocycles. The maximum atomic E-state index is 13.5. The van der Waals surface area contributed by atoms with Gasteiger partial charge in [0.1, 0.15) is 12.6 Å². The Kier molecular flexibility index (Phi) is 9.54. The average Bonchev–Trinajstić information content (AvgIpc) is 2.74. The summed E-state index contributed by atoms with van der Waals surface area (Å²) in [4.78, 5) is 27.5. The lowest BCUT2D eigenvalue weighted by atomic mass is 10.1. The van der Waals surface area contributed by atoms with Crippen LogP contribution in [-0.4, -0.2) is 49.5 Å². The minimum absolute atomic E-state index is 0.150. The van der Waals surface area contributed by atoms with E-state index in [9.17, 15) is 31.2 Å². The molecule has 37 heavy (non-hydrogen) atoms. The van der Waals surface area contributed by atoms with E-state index < -0.39 is 62.4 Å². The predicted molar refractivity (Wildman–Crippen MR) is 138 cm³/mol. The zero-order valence-electron chi connectivity index (χ0n) is 20.9. The average molecular weight is 582 g/mol. The second-order valence-corrected chi connectivity index (χ2v) is 12.2. The summed E-state index contributed by atoms with van der Waals surface area (Å²) in [5.41, 5.74) is -1.79. The van der Waals surface area contributed by atoms with E-state index in [0.29, 0.717) is 21.0 Å². The quantitative estimate of drug-likeness (QED) is 0.469. The highest BCUT2D eigenvalue weighted by molar-refractivity contribution is 7.92. The van der Waals surface area contributed by atoms with E-state index in [1.54, 1.807) is 45.0 Å². The van der Waals surface area contributed by atoms with Crippen molar-refractivity contribution in [2.24, 2.45) is 0 Å². The van der Waals surface area contributed by atoms with Crippen LogP contribution in [0.5, 0.6) is 0 Å². The van der Waals surface area contributed by atoms with Gasteiger partial charge in [0.15, 0.2) is 0 Å². The molecular formula is C24H28Cl2F3N3O4S. The molecule has 2 aromatic carbocycles. The van der Waals surface area contributed by atoms with Gasteiger partial charge in [-0.25, -0.2) is 8.42 Å². The number of nitrogens with zero attached hydrogens (tertiary/aromatic N) is 2. The molecule has 0 unspecified atom stereocenters. The second kappa shape index (κ2) is 11.5. The minimum atomic E-state index is -4.85. The van der Waals surface area contributed by atoms with E-state index in [1.807, 2.05) is 0 Å². The predicted octanol–water partition coefficient (Wildman–Crippen LogP) is 5.11. The van der Waals surface area contributed by atoms with Crippen molar-refractivity contribution in [1.82, 2.24) is 10.2 Å². The molecular weight excluding hydrogens is 554 g/mol. The zero-order chi connectivity index (χ0) is 28.3. The fourth-order valence-corrected chi connectivity index (χ4v) is 4.63. The van der Waals surface area contributed by atoms with Gasteiger partial charge in [-0.05, 0) is 57.5 Å². The third kappa shape index (κ3) is 8.51. The molecule has 13 heteroatoms. The third-order valence-corrected chi connectivity index (χ3v) is 7.03. The molecule has 1 N–H and O–H groups in total. The standard InChI is InChI=1S/C24H28Cl2F3N3O4S/c1-15(22(34)30-23(2,3)4)31(13-16-8-6-7-9-19(16)25)21(33)14-32(37(5,35)36)17-10-11-20(26)18(12-17)24(27,28)29/h6-12,15H,13-14H2,1-5H3,(H,30,34)/t15-/m0/s1. The van der Waals surface area contributed by atoms with E-state index in [4.69, 9.17) is 23.2 Å². The molecule has 0 heterocycles. The van der Waals surface area contributed by atoms with Gasteiger partial charge < -0.3 is 10.2 Å². The highest BCUT2D eigenvalue weighted by Gasteiger charge is 2.36. The summed E-state index contributed by atoms with van der Waals surface area (Å²) in [7, 11) is -4.23. The van der Waals surface area contributed by atoms with Crippen LogP contribution in [0.2, 0.25) is 10.0 Å². The lowest BCUT2D eigenvalue weighted by molar-refractivity contribution is -0.140. The Hall–Kier alpha value is -2.50. The van der Waals surface area contributed by atoms with Gasteiger partial charge in [0.2, 0.25) is 21.8 Å². The topological polar surface area (TPSA) is 86.8 Å². The molecule has 0 aromatic heterocycles. The van der Waals surface area contributed by atoms with Gasteiger partial charge in [-0.2, -0.15) is 13.2 Å². The lowest BCUT2D eigenvalue weighted by Crippen LogP contribution is -2.54. The summed E-state index contributed by atoms with van der Waals surface area (Å²) in [5, 5.41) is 2.46. The Morgan fingerprint density at radius 2 is 1.62 bits per heavy atom. The summed E-state index contributed by atoms with van der Waals surface area (Å²) >= 11 is 11.9. The molecule has 0 saturated heterocycles. The first-order chi connectivity index (χ1) is 16.8. The number of carbonyl (C=O) groups is 2. The van der Waals surface area contributed by atoms with Crippen LogP contribution < -0.4 is 9.62 Å². The molecule has 2 amide bonds. The van der Waals surface area contributed by atoms with Crippen molar-refractivity contribution in [3.63, 3.8) is 0 Å². The van der Waals surface area contributed by atoms with E-state index in [2.05, 4.69) is 5.32 Å². The zero-order valence-corrected chi connectivity index (χ0v) is 23.2. The molecule has 0 bridgehead atoms. The lowest BCUT2D eigenvalue weighted by Gasteiger charge is -2.33. The highest BCUT2D eigenvalue weighted by atomic mass is 35.5. The molecule has 0 aliphatic rings. The molecule has 0 aliphatic carbocycles. The number of nitrogens with one attached hydrogen (secondary N) is 1. The second-order valence-electron chi connectivity index (χ2n) is 9.46. The van der Waals surface area contributed by atoms with Crippen molar-refractivity contribution < 1.29 is 31.2 Å². The maximum absolute atomic E-state index is 13.5. The smallest absolute Gasteiger partial charge is 0.350 e. The largest absolute Gasteiger partial charge is 0.417 e. The van der Waals surface area contributed by atoms with Crippen molar-refractivity contribution >= 4 is 50.7 Å². The van der Waals surface area contributed by atoms with Gasteiger partial charge in [-0.3, -0.25) is 13.9 Å².